The number of aliphatic hydroxyl groups excluding tert-OH is 1. The Kier molecular flexibility index (Phi) is 6.69. The summed E-state index contributed by atoms with van der Waals surface area (Å²) < 4.78 is 2.91. The summed E-state index contributed by atoms with van der Waals surface area (Å²) in [6.07, 6.45) is 10.3. The molecule has 4 aromatic heterocycles. The minimum absolute atomic E-state index is 0.199. The summed E-state index contributed by atoms with van der Waals surface area (Å²) in [6, 6.07) is 16.3. The molecule has 0 bridgehead atoms. The van der Waals surface area contributed by atoms with Crippen LogP contribution in [-0.4, -0.2) is 42.0 Å². The Morgan fingerprint density at radius 2 is 1.89 bits per heavy atom. The van der Waals surface area contributed by atoms with Gasteiger partial charge in [-0.1, -0.05) is 17.4 Å². The Morgan fingerprint density at radius 3 is 2.71 bits per heavy atom. The van der Waals surface area contributed by atoms with Crippen LogP contribution in [0, 0.1) is 11.3 Å². The highest BCUT2D eigenvalue weighted by Crippen LogP contribution is 2.32. The largest absolute Gasteiger partial charge is 0.393 e. The molecular formula is C28H26N8OS. The number of nitrogens with one attached hydrogen (secondary N) is 2. The van der Waals surface area contributed by atoms with E-state index in [2.05, 4.69) is 38.9 Å². The van der Waals surface area contributed by atoms with E-state index in [1.54, 1.807) is 29.9 Å². The van der Waals surface area contributed by atoms with Gasteiger partial charge < -0.3 is 15.7 Å². The van der Waals surface area contributed by atoms with E-state index in [-0.39, 0.29) is 12.1 Å². The van der Waals surface area contributed by atoms with E-state index in [1.165, 1.54) is 0 Å². The van der Waals surface area contributed by atoms with Crippen LogP contribution >= 0.6 is 11.3 Å². The SMILES string of the molecule is N#Cc1cncc(-c2ccc3nc(Nc4cc(Cn5cccn5)cc(NC5CCC(O)CC5)n4)sc3c2)c1. The monoisotopic (exact) mass is 522 g/mol. The molecule has 38 heavy (non-hydrogen) atoms. The Hall–Kier alpha value is -4.33. The predicted molar refractivity (Wildman–Crippen MR) is 148 cm³/mol. The lowest BCUT2D eigenvalue weighted by Crippen LogP contribution is -2.28. The number of benzene rings is 1. The van der Waals surface area contributed by atoms with Crippen LogP contribution in [-0.2, 0) is 6.54 Å². The molecule has 1 aromatic carbocycles. The summed E-state index contributed by atoms with van der Waals surface area (Å²) in [6.45, 7) is 0.626. The van der Waals surface area contributed by atoms with E-state index in [0.29, 0.717) is 17.9 Å². The quantitative estimate of drug-likeness (QED) is 0.262. The lowest BCUT2D eigenvalue weighted by atomic mass is 9.93. The fourth-order valence-electron chi connectivity index (χ4n) is 4.75. The molecule has 10 heteroatoms. The van der Waals surface area contributed by atoms with Gasteiger partial charge in [0.1, 0.15) is 17.7 Å². The third-order valence-corrected chi connectivity index (χ3v) is 7.60. The van der Waals surface area contributed by atoms with Crippen LogP contribution in [0.15, 0.2) is 67.3 Å². The Bertz CT molecular complexity index is 1600. The van der Waals surface area contributed by atoms with Gasteiger partial charge in [0.15, 0.2) is 5.13 Å². The van der Waals surface area contributed by atoms with Crippen LogP contribution < -0.4 is 10.6 Å². The molecule has 5 aromatic rings. The van der Waals surface area contributed by atoms with Gasteiger partial charge in [-0.2, -0.15) is 10.4 Å². The minimum atomic E-state index is -0.199. The number of nitriles is 1. The van der Waals surface area contributed by atoms with Crippen molar-refractivity contribution in [2.45, 2.75) is 44.4 Å². The van der Waals surface area contributed by atoms with Crippen LogP contribution in [0.25, 0.3) is 21.3 Å². The number of aliphatic hydroxyl groups is 1. The van der Waals surface area contributed by atoms with Crippen molar-refractivity contribution in [3.63, 3.8) is 0 Å². The van der Waals surface area contributed by atoms with Crippen molar-refractivity contribution in [3.8, 4) is 17.2 Å². The molecule has 0 saturated heterocycles. The number of fused-ring (bicyclic) bond motifs is 1. The van der Waals surface area contributed by atoms with Crippen LogP contribution in [0.4, 0.5) is 16.8 Å². The number of hydrogen-bond donors (Lipinski definition) is 3. The Labute approximate surface area is 223 Å². The molecule has 0 spiro atoms. The number of anilines is 3. The maximum Gasteiger partial charge on any atom is 0.189 e. The fourth-order valence-corrected chi connectivity index (χ4v) is 5.66. The van der Waals surface area contributed by atoms with E-state index >= 15 is 0 Å². The second kappa shape index (κ2) is 10.6. The molecule has 1 aliphatic rings. The first-order valence-corrected chi connectivity index (χ1v) is 13.4. The molecule has 6 rings (SSSR count). The third kappa shape index (κ3) is 5.49. The summed E-state index contributed by atoms with van der Waals surface area (Å²) in [5.74, 6) is 1.50. The smallest absolute Gasteiger partial charge is 0.189 e. The van der Waals surface area contributed by atoms with Crippen molar-refractivity contribution in [1.29, 1.82) is 5.26 Å². The molecule has 9 nitrogen and oxygen atoms in total. The zero-order valence-corrected chi connectivity index (χ0v) is 21.4. The lowest BCUT2D eigenvalue weighted by Gasteiger charge is -2.27. The summed E-state index contributed by atoms with van der Waals surface area (Å²) in [5.41, 5.74) is 4.37. The number of nitrogens with zero attached hydrogens (tertiary/aromatic N) is 6. The standard InChI is InChI=1S/C28H26N8OS/c29-14-19-10-21(16-30-15-19)20-2-7-24-25(13-20)38-28(33-24)35-27-12-18(17-36-9-1-8-31-36)11-26(34-27)32-22-3-5-23(37)6-4-22/h1-2,7-13,15-16,22-23,37H,3-6,17H2,(H2,32,33,34,35). The molecule has 4 heterocycles. The number of thiazole rings is 1. The van der Waals surface area contributed by atoms with Gasteiger partial charge in [-0.25, -0.2) is 9.97 Å². The molecule has 1 aliphatic carbocycles. The van der Waals surface area contributed by atoms with Gasteiger partial charge in [0.25, 0.3) is 0 Å². The van der Waals surface area contributed by atoms with Crippen molar-refractivity contribution in [2.24, 2.45) is 0 Å². The first kappa shape index (κ1) is 24.0. The van der Waals surface area contributed by atoms with Gasteiger partial charge in [-0.05, 0) is 73.2 Å². The van der Waals surface area contributed by atoms with E-state index in [0.717, 1.165) is 63.5 Å². The number of pyridine rings is 2. The van der Waals surface area contributed by atoms with Gasteiger partial charge in [0.05, 0.1) is 28.4 Å². The molecule has 1 saturated carbocycles. The van der Waals surface area contributed by atoms with Crippen molar-refractivity contribution in [2.75, 3.05) is 10.6 Å². The van der Waals surface area contributed by atoms with Gasteiger partial charge >= 0.3 is 0 Å². The number of aromatic nitrogens is 5. The van der Waals surface area contributed by atoms with Crippen LogP contribution in [0.2, 0.25) is 0 Å². The molecule has 190 valence electrons. The van der Waals surface area contributed by atoms with Crippen molar-refractivity contribution in [1.82, 2.24) is 24.7 Å². The number of rotatable bonds is 7. The molecule has 0 unspecified atom stereocenters. The topological polar surface area (TPSA) is 125 Å². The second-order valence-electron chi connectivity index (χ2n) is 9.50. The maximum atomic E-state index is 9.87. The van der Waals surface area contributed by atoms with E-state index in [9.17, 15) is 10.4 Å². The van der Waals surface area contributed by atoms with Crippen LogP contribution in [0.1, 0.15) is 36.8 Å². The van der Waals surface area contributed by atoms with Gasteiger partial charge in [0.2, 0.25) is 0 Å². The van der Waals surface area contributed by atoms with Crippen molar-refractivity contribution in [3.05, 3.63) is 78.4 Å². The zero-order chi connectivity index (χ0) is 25.9. The summed E-state index contributed by atoms with van der Waals surface area (Å²) in [7, 11) is 0. The fraction of sp³-hybridized carbons (Fsp3) is 0.250. The van der Waals surface area contributed by atoms with E-state index in [1.807, 2.05) is 41.2 Å². The normalized spacial score (nSPS) is 17.3. The highest BCUT2D eigenvalue weighted by molar-refractivity contribution is 7.22. The lowest BCUT2D eigenvalue weighted by molar-refractivity contribution is 0.126. The second-order valence-corrected chi connectivity index (χ2v) is 10.5. The number of hydrogen-bond acceptors (Lipinski definition) is 9. The molecule has 0 amide bonds. The molecule has 1 fully saturated rings. The average Bonchev–Trinajstić information content (AvgIpc) is 3.59. The van der Waals surface area contributed by atoms with Crippen LogP contribution in [0.5, 0.6) is 0 Å². The van der Waals surface area contributed by atoms with Crippen molar-refractivity contribution < 1.29 is 5.11 Å². The summed E-state index contributed by atoms with van der Waals surface area (Å²) in [5, 5.41) is 31.1. The van der Waals surface area contributed by atoms with Gasteiger partial charge in [-0.15, -0.1) is 0 Å². The highest BCUT2D eigenvalue weighted by atomic mass is 32.1. The van der Waals surface area contributed by atoms with E-state index in [4.69, 9.17) is 9.97 Å². The molecule has 0 aliphatic heterocycles. The van der Waals surface area contributed by atoms with Gasteiger partial charge in [-0.3, -0.25) is 9.67 Å². The highest BCUT2D eigenvalue weighted by Gasteiger charge is 2.20. The van der Waals surface area contributed by atoms with Crippen LogP contribution in [0.3, 0.4) is 0 Å². The summed E-state index contributed by atoms with van der Waals surface area (Å²) >= 11 is 1.55. The predicted octanol–water partition coefficient (Wildman–Crippen LogP) is 5.33. The first-order valence-electron chi connectivity index (χ1n) is 12.6. The minimum Gasteiger partial charge on any atom is -0.393 e. The Balaban J connectivity index is 1.27. The third-order valence-electron chi connectivity index (χ3n) is 6.66. The summed E-state index contributed by atoms with van der Waals surface area (Å²) in [4.78, 5) is 13.8. The average molecular weight is 523 g/mol. The van der Waals surface area contributed by atoms with Gasteiger partial charge in [0, 0.05) is 36.4 Å². The van der Waals surface area contributed by atoms with E-state index < -0.39 is 0 Å². The molecular weight excluding hydrogens is 496 g/mol. The molecule has 0 radical (unpaired) electrons. The van der Waals surface area contributed by atoms with Crippen molar-refractivity contribution >= 4 is 38.3 Å². The Morgan fingerprint density at radius 1 is 1.03 bits per heavy atom. The zero-order valence-electron chi connectivity index (χ0n) is 20.6. The first-order chi connectivity index (χ1) is 18.6. The molecule has 0 atom stereocenters. The maximum absolute atomic E-state index is 9.87. The molecule has 3 N–H and O–H groups in total.